The Morgan fingerprint density at radius 3 is 3.00 bits per heavy atom. The highest BCUT2D eigenvalue weighted by atomic mass is 16.1. The van der Waals surface area contributed by atoms with Gasteiger partial charge in [-0.3, -0.25) is 4.79 Å². The highest BCUT2D eigenvalue weighted by Gasteiger charge is 2.00. The molecule has 0 bridgehead atoms. The molecule has 1 rings (SSSR count). The van der Waals surface area contributed by atoms with Gasteiger partial charge in [0.25, 0.3) is 0 Å². The molecule has 0 atom stereocenters. The molecule has 1 heterocycles. The van der Waals surface area contributed by atoms with Crippen molar-refractivity contribution in [3.8, 4) is 0 Å². The fourth-order valence-corrected chi connectivity index (χ4v) is 1.35. The van der Waals surface area contributed by atoms with E-state index in [1.54, 1.807) is 7.05 Å². The summed E-state index contributed by atoms with van der Waals surface area (Å²) in [4.78, 5) is 11.1. The highest BCUT2D eigenvalue weighted by Crippen LogP contribution is 2.00. The minimum atomic E-state index is 0.0265. The lowest BCUT2D eigenvalue weighted by Gasteiger charge is -2.01. The van der Waals surface area contributed by atoms with E-state index in [1.807, 2.05) is 23.0 Å². The van der Waals surface area contributed by atoms with E-state index in [9.17, 15) is 4.79 Å². The van der Waals surface area contributed by atoms with Crippen LogP contribution in [0.25, 0.3) is 0 Å². The number of aromatic nitrogens is 1. The van der Waals surface area contributed by atoms with Gasteiger partial charge in [-0.25, -0.2) is 0 Å². The summed E-state index contributed by atoms with van der Waals surface area (Å²) in [7, 11) is 1.65. The molecule has 0 aromatic carbocycles. The van der Waals surface area contributed by atoms with Gasteiger partial charge in [0, 0.05) is 26.0 Å². The van der Waals surface area contributed by atoms with Gasteiger partial charge < -0.3 is 15.2 Å². The molecule has 0 unspecified atom stereocenters. The standard InChI is InChI=1S/C11H19N3O/c1-3-5-13-7-10-4-6-14(8-10)9-11(15)12-2/h4,6,8,13H,3,5,7,9H2,1-2H3,(H,12,15). The molecule has 1 aromatic rings. The minimum Gasteiger partial charge on any atom is -0.358 e. The van der Waals surface area contributed by atoms with E-state index < -0.39 is 0 Å². The van der Waals surface area contributed by atoms with Gasteiger partial charge in [0.2, 0.25) is 5.91 Å². The number of carbonyl (C=O) groups is 1. The summed E-state index contributed by atoms with van der Waals surface area (Å²) in [5.74, 6) is 0.0265. The second-order valence-electron chi connectivity index (χ2n) is 3.54. The minimum absolute atomic E-state index is 0.0265. The third-order valence-corrected chi connectivity index (χ3v) is 2.17. The van der Waals surface area contributed by atoms with Gasteiger partial charge in [-0.2, -0.15) is 0 Å². The van der Waals surface area contributed by atoms with Crippen molar-refractivity contribution in [3.05, 3.63) is 24.0 Å². The molecule has 2 N–H and O–H groups in total. The smallest absolute Gasteiger partial charge is 0.239 e. The summed E-state index contributed by atoms with van der Waals surface area (Å²) in [5.41, 5.74) is 1.22. The monoisotopic (exact) mass is 209 g/mol. The molecule has 0 radical (unpaired) electrons. The number of hydrogen-bond donors (Lipinski definition) is 2. The molecular formula is C11H19N3O. The van der Waals surface area contributed by atoms with Crippen LogP contribution >= 0.6 is 0 Å². The average Bonchev–Trinajstić information content (AvgIpc) is 2.66. The number of rotatable bonds is 6. The zero-order valence-electron chi connectivity index (χ0n) is 9.42. The van der Waals surface area contributed by atoms with E-state index >= 15 is 0 Å². The lowest BCUT2D eigenvalue weighted by atomic mass is 10.3. The van der Waals surface area contributed by atoms with E-state index in [-0.39, 0.29) is 5.91 Å². The maximum absolute atomic E-state index is 11.1. The molecule has 84 valence electrons. The van der Waals surface area contributed by atoms with Gasteiger partial charge >= 0.3 is 0 Å². The molecule has 0 aliphatic rings. The number of nitrogens with one attached hydrogen (secondary N) is 2. The van der Waals surface area contributed by atoms with Crippen LogP contribution in [0.1, 0.15) is 18.9 Å². The van der Waals surface area contributed by atoms with E-state index in [4.69, 9.17) is 0 Å². The summed E-state index contributed by atoms with van der Waals surface area (Å²) < 4.78 is 1.89. The molecule has 15 heavy (non-hydrogen) atoms. The highest BCUT2D eigenvalue weighted by molar-refractivity contribution is 5.75. The molecule has 0 saturated heterocycles. The van der Waals surface area contributed by atoms with Crippen LogP contribution in [0.3, 0.4) is 0 Å². The maximum atomic E-state index is 11.1. The maximum Gasteiger partial charge on any atom is 0.239 e. The molecule has 0 aliphatic heterocycles. The van der Waals surface area contributed by atoms with Crippen molar-refractivity contribution in [2.45, 2.75) is 26.4 Å². The van der Waals surface area contributed by atoms with Crippen molar-refractivity contribution in [1.82, 2.24) is 15.2 Å². The largest absolute Gasteiger partial charge is 0.358 e. The average molecular weight is 209 g/mol. The zero-order valence-corrected chi connectivity index (χ0v) is 9.42. The van der Waals surface area contributed by atoms with E-state index in [1.165, 1.54) is 5.56 Å². The molecule has 4 heteroatoms. The molecule has 4 nitrogen and oxygen atoms in total. The van der Waals surface area contributed by atoms with Gasteiger partial charge in [-0.1, -0.05) is 6.92 Å². The van der Waals surface area contributed by atoms with Crippen LogP contribution < -0.4 is 10.6 Å². The van der Waals surface area contributed by atoms with Crippen molar-refractivity contribution in [1.29, 1.82) is 0 Å². The van der Waals surface area contributed by atoms with E-state index in [0.29, 0.717) is 6.54 Å². The van der Waals surface area contributed by atoms with Crippen molar-refractivity contribution >= 4 is 5.91 Å². The van der Waals surface area contributed by atoms with Crippen LogP contribution in [0.5, 0.6) is 0 Å². The predicted octanol–water partition coefficient (Wildman–Crippen LogP) is 0.734. The lowest BCUT2D eigenvalue weighted by molar-refractivity contribution is -0.121. The van der Waals surface area contributed by atoms with Crippen LogP contribution in [0.4, 0.5) is 0 Å². The van der Waals surface area contributed by atoms with Gasteiger partial charge in [-0.15, -0.1) is 0 Å². The summed E-state index contributed by atoms with van der Waals surface area (Å²) in [6.07, 6.45) is 5.06. The molecular weight excluding hydrogens is 190 g/mol. The first-order valence-corrected chi connectivity index (χ1v) is 5.32. The van der Waals surface area contributed by atoms with Gasteiger partial charge in [-0.05, 0) is 24.6 Å². The predicted molar refractivity (Wildman–Crippen MR) is 60.5 cm³/mol. The molecule has 0 fully saturated rings. The molecule has 0 spiro atoms. The van der Waals surface area contributed by atoms with Crippen LogP contribution in [-0.4, -0.2) is 24.1 Å². The fraction of sp³-hybridized carbons (Fsp3) is 0.545. The van der Waals surface area contributed by atoms with Crippen molar-refractivity contribution < 1.29 is 4.79 Å². The van der Waals surface area contributed by atoms with Gasteiger partial charge in [0.05, 0.1) is 0 Å². The number of carbonyl (C=O) groups excluding carboxylic acids is 1. The Morgan fingerprint density at radius 2 is 2.33 bits per heavy atom. The Hall–Kier alpha value is -1.29. The number of likely N-dealkylation sites (N-methyl/N-ethyl adjacent to an activating group) is 1. The van der Waals surface area contributed by atoms with Gasteiger partial charge in [0.1, 0.15) is 6.54 Å². The van der Waals surface area contributed by atoms with Crippen molar-refractivity contribution in [3.63, 3.8) is 0 Å². The third-order valence-electron chi connectivity index (χ3n) is 2.17. The van der Waals surface area contributed by atoms with Gasteiger partial charge in [0.15, 0.2) is 0 Å². The third kappa shape index (κ3) is 4.16. The molecule has 0 aliphatic carbocycles. The first-order valence-electron chi connectivity index (χ1n) is 5.32. The Bertz CT molecular complexity index is 307. The summed E-state index contributed by atoms with van der Waals surface area (Å²) in [6.45, 7) is 4.43. The Kier molecular flexibility index (Phi) is 4.90. The molecule has 0 saturated carbocycles. The Balaban J connectivity index is 2.38. The Labute approximate surface area is 90.7 Å². The van der Waals surface area contributed by atoms with Crippen LogP contribution in [0.2, 0.25) is 0 Å². The summed E-state index contributed by atoms with van der Waals surface area (Å²) in [5, 5.41) is 5.92. The Morgan fingerprint density at radius 1 is 1.53 bits per heavy atom. The SMILES string of the molecule is CCCNCc1ccn(CC(=O)NC)c1. The van der Waals surface area contributed by atoms with E-state index in [0.717, 1.165) is 19.5 Å². The lowest BCUT2D eigenvalue weighted by Crippen LogP contribution is -2.22. The molecule has 1 amide bonds. The topological polar surface area (TPSA) is 46.1 Å². The number of hydrogen-bond acceptors (Lipinski definition) is 2. The van der Waals surface area contributed by atoms with Crippen LogP contribution in [-0.2, 0) is 17.9 Å². The summed E-state index contributed by atoms with van der Waals surface area (Å²) in [6, 6.07) is 2.03. The van der Waals surface area contributed by atoms with E-state index in [2.05, 4.69) is 17.6 Å². The normalized spacial score (nSPS) is 10.3. The van der Waals surface area contributed by atoms with Crippen molar-refractivity contribution in [2.24, 2.45) is 0 Å². The zero-order chi connectivity index (χ0) is 11.1. The van der Waals surface area contributed by atoms with Crippen LogP contribution in [0.15, 0.2) is 18.5 Å². The number of amides is 1. The van der Waals surface area contributed by atoms with Crippen LogP contribution in [0, 0.1) is 0 Å². The first-order chi connectivity index (χ1) is 7.26. The number of nitrogens with zero attached hydrogens (tertiary/aromatic N) is 1. The fourth-order valence-electron chi connectivity index (χ4n) is 1.35. The first kappa shape index (κ1) is 11.8. The quantitative estimate of drug-likeness (QED) is 0.679. The second-order valence-corrected chi connectivity index (χ2v) is 3.54. The summed E-state index contributed by atoms with van der Waals surface area (Å²) >= 11 is 0. The van der Waals surface area contributed by atoms with Crippen molar-refractivity contribution in [2.75, 3.05) is 13.6 Å². The second kappa shape index (κ2) is 6.24. The molecule has 1 aromatic heterocycles.